The molecule has 1 rings (SSSR count). The molecular weight excluding hydrogens is 188 g/mol. The molecule has 1 aromatic rings. The maximum absolute atomic E-state index is 8.52. The average molecular weight is 206 g/mol. The third kappa shape index (κ3) is 2.80. The Morgan fingerprint density at radius 2 is 2.40 bits per heavy atom. The van der Waals surface area contributed by atoms with Crippen LogP contribution in [0.15, 0.2) is 6.20 Å². The minimum atomic E-state index is 0.325. The van der Waals surface area contributed by atoms with Gasteiger partial charge in [-0.2, -0.15) is 10.4 Å². The van der Waals surface area contributed by atoms with Gasteiger partial charge in [-0.05, 0) is 20.4 Å². The number of nitrogens with zero attached hydrogens (tertiary/aromatic N) is 3. The second-order valence-corrected chi connectivity index (χ2v) is 3.60. The zero-order valence-electron chi connectivity index (χ0n) is 9.62. The maximum atomic E-state index is 8.52. The largest absolute Gasteiger partial charge is 0.310 e. The molecule has 1 heterocycles. The van der Waals surface area contributed by atoms with Crippen LogP contribution in [0.5, 0.6) is 0 Å². The zero-order chi connectivity index (χ0) is 11.3. The van der Waals surface area contributed by atoms with E-state index in [1.54, 1.807) is 0 Å². The van der Waals surface area contributed by atoms with Crippen LogP contribution in [0.1, 0.15) is 37.6 Å². The topological polar surface area (TPSA) is 53.6 Å². The molecule has 0 aliphatic heterocycles. The standard InChI is InChI=1S/C11H18N4/c1-4-13-9(2)11-8-14-15(10(11)3)7-5-6-12/h8-9,13H,4-5,7H2,1-3H3. The van der Waals surface area contributed by atoms with Crippen LogP contribution in [0, 0.1) is 18.3 Å². The van der Waals surface area contributed by atoms with E-state index in [2.05, 4.69) is 30.3 Å². The van der Waals surface area contributed by atoms with Crippen molar-refractivity contribution in [1.29, 1.82) is 5.26 Å². The van der Waals surface area contributed by atoms with E-state index in [4.69, 9.17) is 5.26 Å². The fourth-order valence-electron chi connectivity index (χ4n) is 1.68. The normalized spacial score (nSPS) is 12.4. The van der Waals surface area contributed by atoms with Gasteiger partial charge >= 0.3 is 0 Å². The molecule has 0 bridgehead atoms. The Morgan fingerprint density at radius 3 is 3.00 bits per heavy atom. The SMILES string of the molecule is CCNC(C)c1cnn(CCC#N)c1C. The molecule has 1 atom stereocenters. The van der Waals surface area contributed by atoms with Crippen LogP contribution in [-0.2, 0) is 6.54 Å². The molecule has 0 radical (unpaired) electrons. The van der Waals surface area contributed by atoms with Crippen molar-refractivity contribution in [2.45, 2.75) is 39.8 Å². The molecule has 1 N–H and O–H groups in total. The second-order valence-electron chi connectivity index (χ2n) is 3.60. The number of aryl methyl sites for hydroxylation is 1. The molecule has 82 valence electrons. The van der Waals surface area contributed by atoms with Gasteiger partial charge in [0.25, 0.3) is 0 Å². The number of nitriles is 1. The van der Waals surface area contributed by atoms with E-state index in [0.29, 0.717) is 19.0 Å². The van der Waals surface area contributed by atoms with Crippen LogP contribution in [0.25, 0.3) is 0 Å². The summed E-state index contributed by atoms with van der Waals surface area (Å²) in [6, 6.07) is 2.46. The fourth-order valence-corrected chi connectivity index (χ4v) is 1.68. The molecule has 0 saturated heterocycles. The number of hydrogen-bond acceptors (Lipinski definition) is 3. The Labute approximate surface area is 90.9 Å². The smallest absolute Gasteiger partial charge is 0.0641 e. The van der Waals surface area contributed by atoms with Crippen LogP contribution in [-0.4, -0.2) is 16.3 Å². The number of nitrogens with one attached hydrogen (secondary N) is 1. The third-order valence-corrected chi connectivity index (χ3v) is 2.55. The van der Waals surface area contributed by atoms with Crippen molar-refractivity contribution in [2.24, 2.45) is 0 Å². The molecule has 0 fully saturated rings. The van der Waals surface area contributed by atoms with Crippen molar-refractivity contribution in [3.05, 3.63) is 17.5 Å². The van der Waals surface area contributed by atoms with Crippen molar-refractivity contribution in [2.75, 3.05) is 6.54 Å². The van der Waals surface area contributed by atoms with Crippen LogP contribution in [0.2, 0.25) is 0 Å². The molecule has 4 heteroatoms. The summed E-state index contributed by atoms with van der Waals surface area (Å²) in [5, 5.41) is 16.2. The lowest BCUT2D eigenvalue weighted by Gasteiger charge is -2.11. The van der Waals surface area contributed by atoms with Gasteiger partial charge in [0.2, 0.25) is 0 Å². The summed E-state index contributed by atoms with van der Waals surface area (Å²) in [6.45, 7) is 7.90. The van der Waals surface area contributed by atoms with Crippen LogP contribution < -0.4 is 5.32 Å². The highest BCUT2D eigenvalue weighted by molar-refractivity contribution is 5.19. The third-order valence-electron chi connectivity index (χ3n) is 2.55. The van der Waals surface area contributed by atoms with Crippen LogP contribution in [0.4, 0.5) is 0 Å². The summed E-state index contributed by atoms with van der Waals surface area (Å²) in [7, 11) is 0. The Morgan fingerprint density at radius 1 is 1.67 bits per heavy atom. The predicted octanol–water partition coefficient (Wildman–Crippen LogP) is 1.78. The fraction of sp³-hybridized carbons (Fsp3) is 0.636. The van der Waals surface area contributed by atoms with Gasteiger partial charge in [-0.1, -0.05) is 6.92 Å². The first kappa shape index (κ1) is 11.7. The summed E-state index contributed by atoms with van der Waals surface area (Å²) in [5.41, 5.74) is 2.37. The lowest BCUT2D eigenvalue weighted by Crippen LogP contribution is -2.18. The number of rotatable bonds is 5. The Hall–Kier alpha value is -1.34. The Bertz CT molecular complexity index is 348. The van der Waals surface area contributed by atoms with E-state index in [1.165, 1.54) is 5.56 Å². The van der Waals surface area contributed by atoms with Crippen molar-refractivity contribution >= 4 is 0 Å². The summed E-state index contributed by atoms with van der Waals surface area (Å²) in [6.07, 6.45) is 2.40. The maximum Gasteiger partial charge on any atom is 0.0641 e. The van der Waals surface area contributed by atoms with Gasteiger partial charge in [0.05, 0.1) is 25.2 Å². The highest BCUT2D eigenvalue weighted by Crippen LogP contribution is 2.16. The molecule has 0 aliphatic rings. The van der Waals surface area contributed by atoms with Crippen LogP contribution >= 0.6 is 0 Å². The highest BCUT2D eigenvalue weighted by atomic mass is 15.3. The van der Waals surface area contributed by atoms with Gasteiger partial charge in [0.15, 0.2) is 0 Å². The van der Waals surface area contributed by atoms with Gasteiger partial charge < -0.3 is 5.32 Å². The molecule has 0 spiro atoms. The molecule has 0 aromatic carbocycles. The predicted molar refractivity (Wildman–Crippen MR) is 59.3 cm³/mol. The quantitative estimate of drug-likeness (QED) is 0.799. The summed E-state index contributed by atoms with van der Waals surface area (Å²) < 4.78 is 1.90. The first-order valence-electron chi connectivity index (χ1n) is 5.33. The van der Waals surface area contributed by atoms with E-state index >= 15 is 0 Å². The molecule has 15 heavy (non-hydrogen) atoms. The van der Waals surface area contributed by atoms with Crippen molar-refractivity contribution in [3.63, 3.8) is 0 Å². The zero-order valence-corrected chi connectivity index (χ0v) is 9.62. The van der Waals surface area contributed by atoms with Crippen molar-refractivity contribution in [1.82, 2.24) is 15.1 Å². The van der Waals surface area contributed by atoms with Crippen molar-refractivity contribution in [3.8, 4) is 6.07 Å². The van der Waals surface area contributed by atoms with Gasteiger partial charge in [0.1, 0.15) is 0 Å². The molecule has 0 aliphatic carbocycles. The molecular formula is C11H18N4. The van der Waals surface area contributed by atoms with Crippen LogP contribution in [0.3, 0.4) is 0 Å². The molecule has 1 aromatic heterocycles. The summed E-state index contributed by atoms with van der Waals surface area (Å²) in [4.78, 5) is 0. The van der Waals surface area contributed by atoms with Gasteiger partial charge in [0, 0.05) is 17.3 Å². The number of hydrogen-bond donors (Lipinski definition) is 1. The first-order valence-corrected chi connectivity index (χ1v) is 5.33. The second kappa shape index (κ2) is 5.52. The molecule has 0 saturated carbocycles. The van der Waals surface area contributed by atoms with Gasteiger partial charge in [-0.3, -0.25) is 4.68 Å². The first-order chi connectivity index (χ1) is 7.20. The van der Waals surface area contributed by atoms with E-state index in [1.807, 2.05) is 17.8 Å². The summed E-state index contributed by atoms with van der Waals surface area (Å²) >= 11 is 0. The van der Waals surface area contributed by atoms with Gasteiger partial charge in [-0.25, -0.2) is 0 Å². The minimum Gasteiger partial charge on any atom is -0.310 e. The average Bonchev–Trinajstić information content (AvgIpc) is 2.57. The Balaban J connectivity index is 2.75. The lowest BCUT2D eigenvalue weighted by atomic mass is 10.1. The van der Waals surface area contributed by atoms with E-state index < -0.39 is 0 Å². The lowest BCUT2D eigenvalue weighted by molar-refractivity contribution is 0.582. The molecule has 4 nitrogen and oxygen atoms in total. The monoisotopic (exact) mass is 206 g/mol. The van der Waals surface area contributed by atoms with E-state index in [0.717, 1.165) is 12.2 Å². The van der Waals surface area contributed by atoms with E-state index in [-0.39, 0.29) is 0 Å². The Kier molecular flexibility index (Phi) is 4.32. The van der Waals surface area contributed by atoms with Gasteiger partial charge in [-0.15, -0.1) is 0 Å². The number of aromatic nitrogens is 2. The van der Waals surface area contributed by atoms with E-state index in [9.17, 15) is 0 Å². The highest BCUT2D eigenvalue weighted by Gasteiger charge is 2.11. The summed E-state index contributed by atoms with van der Waals surface area (Å²) in [5.74, 6) is 0. The molecule has 1 unspecified atom stereocenters. The molecule has 0 amide bonds. The van der Waals surface area contributed by atoms with Crippen molar-refractivity contribution < 1.29 is 0 Å². The minimum absolute atomic E-state index is 0.325.